The minimum atomic E-state index is -3.63. The average molecular weight is 291 g/mol. The van der Waals surface area contributed by atoms with Gasteiger partial charge in [-0.3, -0.25) is 0 Å². The van der Waals surface area contributed by atoms with Crippen LogP contribution in [0, 0.1) is 0 Å². The molecule has 1 heterocycles. The first-order valence-electron chi connectivity index (χ1n) is 6.30. The van der Waals surface area contributed by atoms with E-state index in [0.29, 0.717) is 13.1 Å². The van der Waals surface area contributed by atoms with Gasteiger partial charge in [0.2, 0.25) is 10.0 Å². The molecule has 0 radical (unpaired) electrons. The van der Waals surface area contributed by atoms with Gasteiger partial charge >= 0.3 is 0 Å². The van der Waals surface area contributed by atoms with Gasteiger partial charge in [-0.05, 0) is 17.7 Å². The summed E-state index contributed by atoms with van der Waals surface area (Å²) in [6.07, 6.45) is 1.47. The van der Waals surface area contributed by atoms with Crippen LogP contribution in [-0.2, 0) is 16.6 Å². The maximum absolute atomic E-state index is 12.6. The van der Waals surface area contributed by atoms with E-state index in [2.05, 4.69) is 4.98 Å². The first kappa shape index (κ1) is 14.5. The molecule has 2 aromatic rings. The molecule has 0 bridgehead atoms. The Kier molecular flexibility index (Phi) is 4.36. The van der Waals surface area contributed by atoms with Crippen LogP contribution in [0.3, 0.4) is 0 Å². The van der Waals surface area contributed by atoms with E-state index in [1.54, 1.807) is 13.0 Å². The predicted octanol–water partition coefficient (Wildman–Crippen LogP) is 1.87. The minimum Gasteiger partial charge on any atom is -0.383 e. The van der Waals surface area contributed by atoms with Crippen LogP contribution in [0.25, 0.3) is 0 Å². The van der Waals surface area contributed by atoms with E-state index in [0.717, 1.165) is 5.56 Å². The predicted molar refractivity (Wildman–Crippen MR) is 78.4 cm³/mol. The highest BCUT2D eigenvalue weighted by atomic mass is 32.2. The second-order valence-electron chi connectivity index (χ2n) is 4.30. The molecule has 0 aliphatic rings. The number of pyridine rings is 1. The summed E-state index contributed by atoms with van der Waals surface area (Å²) >= 11 is 0. The Morgan fingerprint density at radius 3 is 2.45 bits per heavy atom. The summed E-state index contributed by atoms with van der Waals surface area (Å²) in [6, 6.07) is 12.5. The Morgan fingerprint density at radius 1 is 1.15 bits per heavy atom. The number of nitrogens with two attached hydrogens (primary N) is 1. The molecule has 6 heteroatoms. The van der Waals surface area contributed by atoms with E-state index < -0.39 is 10.0 Å². The van der Waals surface area contributed by atoms with Crippen molar-refractivity contribution in [1.82, 2.24) is 9.29 Å². The fourth-order valence-electron chi connectivity index (χ4n) is 1.91. The van der Waals surface area contributed by atoms with Crippen LogP contribution in [-0.4, -0.2) is 24.3 Å². The zero-order chi connectivity index (χ0) is 14.6. The van der Waals surface area contributed by atoms with E-state index >= 15 is 0 Å². The lowest BCUT2D eigenvalue weighted by Crippen LogP contribution is -2.31. The van der Waals surface area contributed by atoms with Gasteiger partial charge in [-0.15, -0.1) is 0 Å². The third-order valence-corrected chi connectivity index (χ3v) is 4.94. The molecular formula is C14H17N3O2S. The molecule has 1 aromatic heterocycles. The largest absolute Gasteiger partial charge is 0.383 e. The highest BCUT2D eigenvalue weighted by Gasteiger charge is 2.25. The first-order chi connectivity index (χ1) is 9.55. The Morgan fingerprint density at radius 2 is 1.85 bits per heavy atom. The standard InChI is InChI=1S/C14H17N3O2S/c1-2-17(11-12-7-4-3-5-8-12)20(18,19)13-9-6-10-16-14(13)15/h3-10H,2,11H2,1H3,(H2,15,16). The molecule has 0 spiro atoms. The summed E-state index contributed by atoms with van der Waals surface area (Å²) in [4.78, 5) is 3.89. The number of hydrogen-bond donors (Lipinski definition) is 1. The van der Waals surface area contributed by atoms with E-state index in [1.807, 2.05) is 30.3 Å². The Labute approximate surface area is 119 Å². The van der Waals surface area contributed by atoms with Gasteiger partial charge in [0.1, 0.15) is 10.7 Å². The number of hydrogen-bond acceptors (Lipinski definition) is 4. The van der Waals surface area contributed by atoms with E-state index in [9.17, 15) is 8.42 Å². The van der Waals surface area contributed by atoms with Gasteiger partial charge in [0, 0.05) is 19.3 Å². The third-order valence-electron chi connectivity index (χ3n) is 2.97. The fraction of sp³-hybridized carbons (Fsp3) is 0.214. The molecule has 0 saturated heterocycles. The van der Waals surface area contributed by atoms with Crippen LogP contribution >= 0.6 is 0 Å². The lowest BCUT2D eigenvalue weighted by atomic mass is 10.2. The summed E-state index contributed by atoms with van der Waals surface area (Å²) < 4.78 is 26.6. The Hall–Kier alpha value is -1.92. The molecule has 0 aliphatic carbocycles. The molecule has 0 atom stereocenters. The summed E-state index contributed by atoms with van der Waals surface area (Å²) in [5.74, 6) is 0.0269. The second-order valence-corrected chi connectivity index (χ2v) is 6.21. The zero-order valence-electron chi connectivity index (χ0n) is 11.2. The SMILES string of the molecule is CCN(Cc1ccccc1)S(=O)(=O)c1cccnc1N. The maximum atomic E-state index is 12.6. The van der Waals surface area contributed by atoms with Gasteiger partial charge in [0.15, 0.2) is 0 Å². The van der Waals surface area contributed by atoms with E-state index in [4.69, 9.17) is 5.73 Å². The molecule has 1 aromatic carbocycles. The highest BCUT2D eigenvalue weighted by Crippen LogP contribution is 2.21. The van der Waals surface area contributed by atoms with Crippen LogP contribution in [0.4, 0.5) is 5.82 Å². The van der Waals surface area contributed by atoms with Gasteiger partial charge in [-0.25, -0.2) is 13.4 Å². The van der Waals surface area contributed by atoms with Crippen molar-refractivity contribution in [2.75, 3.05) is 12.3 Å². The van der Waals surface area contributed by atoms with Gasteiger partial charge in [-0.2, -0.15) is 4.31 Å². The zero-order valence-corrected chi connectivity index (χ0v) is 12.0. The topological polar surface area (TPSA) is 76.3 Å². The van der Waals surface area contributed by atoms with E-state index in [1.165, 1.54) is 16.6 Å². The average Bonchev–Trinajstić information content (AvgIpc) is 2.46. The van der Waals surface area contributed by atoms with Crippen molar-refractivity contribution >= 4 is 15.8 Å². The number of aromatic nitrogens is 1. The van der Waals surface area contributed by atoms with Crippen molar-refractivity contribution in [3.8, 4) is 0 Å². The van der Waals surface area contributed by atoms with Gasteiger partial charge < -0.3 is 5.73 Å². The van der Waals surface area contributed by atoms with Crippen molar-refractivity contribution in [3.63, 3.8) is 0 Å². The van der Waals surface area contributed by atoms with Crippen LogP contribution < -0.4 is 5.73 Å². The molecular weight excluding hydrogens is 274 g/mol. The lowest BCUT2D eigenvalue weighted by Gasteiger charge is -2.21. The normalized spacial score (nSPS) is 11.7. The number of sulfonamides is 1. The molecule has 0 aliphatic heterocycles. The van der Waals surface area contributed by atoms with Gasteiger partial charge in [0.25, 0.3) is 0 Å². The highest BCUT2D eigenvalue weighted by molar-refractivity contribution is 7.89. The molecule has 0 unspecified atom stereocenters. The maximum Gasteiger partial charge on any atom is 0.247 e. The number of benzene rings is 1. The smallest absolute Gasteiger partial charge is 0.247 e. The van der Waals surface area contributed by atoms with Crippen LogP contribution in [0.5, 0.6) is 0 Å². The lowest BCUT2D eigenvalue weighted by molar-refractivity contribution is 0.423. The van der Waals surface area contributed by atoms with Crippen LogP contribution in [0.15, 0.2) is 53.6 Å². The summed E-state index contributed by atoms with van der Waals surface area (Å²) in [5.41, 5.74) is 6.61. The fourth-order valence-corrected chi connectivity index (χ4v) is 3.42. The Balaban J connectivity index is 2.34. The number of rotatable bonds is 5. The second kappa shape index (κ2) is 6.02. The number of nitrogen functional groups attached to an aromatic ring is 1. The Bertz CT molecular complexity index is 672. The van der Waals surface area contributed by atoms with Crippen molar-refractivity contribution < 1.29 is 8.42 Å². The molecule has 2 N–H and O–H groups in total. The molecule has 20 heavy (non-hydrogen) atoms. The molecule has 106 valence electrons. The summed E-state index contributed by atoms with van der Waals surface area (Å²) in [5, 5.41) is 0. The first-order valence-corrected chi connectivity index (χ1v) is 7.74. The minimum absolute atomic E-state index is 0.0269. The van der Waals surface area contributed by atoms with Crippen molar-refractivity contribution in [2.24, 2.45) is 0 Å². The molecule has 0 amide bonds. The van der Waals surface area contributed by atoms with E-state index in [-0.39, 0.29) is 10.7 Å². The van der Waals surface area contributed by atoms with Gasteiger partial charge in [0.05, 0.1) is 0 Å². The van der Waals surface area contributed by atoms with Crippen molar-refractivity contribution in [3.05, 3.63) is 54.2 Å². The number of nitrogens with zero attached hydrogens (tertiary/aromatic N) is 2. The monoisotopic (exact) mass is 291 g/mol. The summed E-state index contributed by atoms with van der Waals surface area (Å²) in [7, 11) is -3.63. The van der Waals surface area contributed by atoms with Crippen molar-refractivity contribution in [2.45, 2.75) is 18.4 Å². The summed E-state index contributed by atoms with van der Waals surface area (Å²) in [6.45, 7) is 2.48. The molecule has 5 nitrogen and oxygen atoms in total. The third kappa shape index (κ3) is 2.97. The van der Waals surface area contributed by atoms with Crippen LogP contribution in [0.1, 0.15) is 12.5 Å². The van der Waals surface area contributed by atoms with Crippen molar-refractivity contribution in [1.29, 1.82) is 0 Å². The quantitative estimate of drug-likeness (QED) is 0.912. The van der Waals surface area contributed by atoms with Crippen LogP contribution in [0.2, 0.25) is 0 Å². The molecule has 0 fully saturated rings. The molecule has 2 rings (SSSR count). The molecule has 0 saturated carbocycles. The van der Waals surface area contributed by atoms with Gasteiger partial charge in [-0.1, -0.05) is 37.3 Å². The number of anilines is 1.